The fourth-order valence-corrected chi connectivity index (χ4v) is 17.6. The predicted molar refractivity (Wildman–Crippen MR) is 112 cm³/mol. The summed E-state index contributed by atoms with van der Waals surface area (Å²) in [5.41, 5.74) is 2.88. The van der Waals surface area contributed by atoms with E-state index in [1.165, 1.54) is 16.4 Å². The second-order valence-electron chi connectivity index (χ2n) is 9.78. The maximum atomic E-state index is 6.96. The van der Waals surface area contributed by atoms with Crippen LogP contribution >= 0.6 is 18.9 Å². The summed E-state index contributed by atoms with van der Waals surface area (Å²) in [6.07, 6.45) is 0. The van der Waals surface area contributed by atoms with Crippen LogP contribution in [0.1, 0.15) is 92.2 Å². The summed E-state index contributed by atoms with van der Waals surface area (Å²) in [6.45, 7) is 23.4. The zero-order chi connectivity index (χ0) is 19.1. The Balaban J connectivity index is 3.90. The molecule has 0 saturated heterocycles. The van der Waals surface area contributed by atoms with Gasteiger partial charge in [-0.15, -0.1) is 0 Å². The van der Waals surface area contributed by atoms with E-state index in [9.17, 15) is 0 Å². The van der Waals surface area contributed by atoms with Crippen molar-refractivity contribution < 1.29 is 19.2 Å². The maximum absolute atomic E-state index is 6.96. The van der Waals surface area contributed by atoms with E-state index in [-0.39, 0.29) is 13.9 Å². The first-order valence-corrected chi connectivity index (χ1v) is 12.5. The summed E-state index contributed by atoms with van der Waals surface area (Å²) in [5.74, 6) is 1.06. The molecule has 0 amide bonds. The van der Waals surface area contributed by atoms with Gasteiger partial charge >= 0.3 is 168 Å². The van der Waals surface area contributed by atoms with Crippen LogP contribution in [0.15, 0.2) is 18.2 Å². The molecule has 0 aliphatic heterocycles. The van der Waals surface area contributed by atoms with Crippen molar-refractivity contribution in [2.45, 2.75) is 95.0 Å². The molecule has 143 valence electrons. The van der Waals surface area contributed by atoms with Gasteiger partial charge in [0.05, 0.1) is 0 Å². The van der Waals surface area contributed by atoms with E-state index in [0.29, 0.717) is 11.8 Å². The van der Waals surface area contributed by atoms with Crippen molar-refractivity contribution in [3.8, 4) is 0 Å². The third-order valence-electron chi connectivity index (χ3n) is 5.43. The standard InChI is InChI=1S/C21H37ClP.Pd/c1-15(2)17-11-18(16(3)4)13-19(12-17)23(14-22,20(5,6)7)21(8,9)10;/h11-16,23H,1-10H3;. The van der Waals surface area contributed by atoms with Gasteiger partial charge in [-0.2, -0.15) is 0 Å². The monoisotopic (exact) mass is 461 g/mol. The molecule has 3 heteroatoms. The average Bonchev–Trinajstić information content (AvgIpc) is 2.34. The topological polar surface area (TPSA) is 0 Å². The molecule has 24 heavy (non-hydrogen) atoms. The third kappa shape index (κ3) is 4.12. The number of halogens is 1. The minimum atomic E-state index is -2.11. The molecule has 1 aromatic rings. The molecule has 1 aromatic carbocycles. The molecule has 0 nitrogen and oxygen atoms in total. The SMILES string of the molecule is CC(C)c1cc(C(C)C)cc([PH]([CH](Cl)[Pd])(C(C)(C)C)C(C)(C)C)c1. The van der Waals surface area contributed by atoms with Crippen LogP contribution in [0.3, 0.4) is 0 Å². The molecular formula is C21H37ClPPd. The Labute approximate surface area is 167 Å². The summed E-state index contributed by atoms with van der Waals surface area (Å²) in [4.78, 5) is 0. The van der Waals surface area contributed by atoms with E-state index in [1.54, 1.807) is 0 Å². The number of hydrogen-bond donors (Lipinski definition) is 0. The van der Waals surface area contributed by atoms with Crippen LogP contribution in [0.5, 0.6) is 0 Å². The molecule has 0 aliphatic rings. The first-order chi connectivity index (χ1) is 10.7. The normalized spacial score (nSPS) is 16.0. The fourth-order valence-electron chi connectivity index (χ4n) is 4.28. The Morgan fingerprint density at radius 1 is 0.792 bits per heavy atom. The summed E-state index contributed by atoms with van der Waals surface area (Å²) >= 11 is 10.5. The van der Waals surface area contributed by atoms with Gasteiger partial charge in [0.1, 0.15) is 0 Å². The summed E-state index contributed by atoms with van der Waals surface area (Å²) in [6, 6.07) is 7.31. The second-order valence-corrected chi connectivity index (χ2v) is 18.5. The molecule has 0 aromatic heterocycles. The van der Waals surface area contributed by atoms with Crippen LogP contribution in [0.2, 0.25) is 0 Å². The first-order valence-electron chi connectivity index (χ1n) is 9.06. The van der Waals surface area contributed by atoms with Crippen molar-refractivity contribution in [1.29, 1.82) is 0 Å². The molecule has 0 bridgehead atoms. The second kappa shape index (κ2) is 7.69. The zero-order valence-electron chi connectivity index (χ0n) is 17.2. The number of benzene rings is 1. The quantitative estimate of drug-likeness (QED) is 0.257. The van der Waals surface area contributed by atoms with Gasteiger partial charge in [0.15, 0.2) is 0 Å². The Hall–Kier alpha value is 0.602. The molecule has 0 fully saturated rings. The molecule has 1 atom stereocenters. The third-order valence-corrected chi connectivity index (χ3v) is 15.0. The van der Waals surface area contributed by atoms with Gasteiger partial charge in [0.25, 0.3) is 0 Å². The molecule has 0 N–H and O–H groups in total. The van der Waals surface area contributed by atoms with E-state index >= 15 is 0 Å². The first kappa shape index (κ1) is 22.6. The van der Waals surface area contributed by atoms with Gasteiger partial charge in [-0.05, 0) is 0 Å². The number of hydrogen-bond acceptors (Lipinski definition) is 0. The van der Waals surface area contributed by atoms with E-state index in [0.717, 1.165) is 0 Å². The van der Waals surface area contributed by atoms with Crippen molar-refractivity contribution in [3.63, 3.8) is 0 Å². The van der Waals surface area contributed by atoms with Gasteiger partial charge in [-0.3, -0.25) is 0 Å². The number of rotatable bonds is 4. The minimum absolute atomic E-state index is 0.0305. The van der Waals surface area contributed by atoms with E-state index < -0.39 is 7.26 Å². The van der Waals surface area contributed by atoms with Gasteiger partial charge in [0.2, 0.25) is 0 Å². The predicted octanol–water partition coefficient (Wildman–Crippen LogP) is 6.97. The molecule has 1 unspecified atom stereocenters. The van der Waals surface area contributed by atoms with Crippen LogP contribution in [-0.4, -0.2) is 13.9 Å². The molecule has 0 heterocycles. The van der Waals surface area contributed by atoms with Crippen molar-refractivity contribution >= 4 is 24.2 Å². The van der Waals surface area contributed by atoms with Crippen LogP contribution in [0.4, 0.5) is 0 Å². The summed E-state index contributed by atoms with van der Waals surface area (Å²) < 4.78 is 0.0305. The van der Waals surface area contributed by atoms with Crippen LogP contribution in [-0.2, 0) is 19.2 Å². The summed E-state index contributed by atoms with van der Waals surface area (Å²) in [7, 11) is -2.11. The molecule has 0 radical (unpaired) electrons. The van der Waals surface area contributed by atoms with Crippen LogP contribution in [0.25, 0.3) is 0 Å². The Kier molecular flexibility index (Phi) is 7.25. The summed E-state index contributed by atoms with van der Waals surface area (Å²) in [5, 5.41) is 1.81. The number of alkyl halides is 1. The van der Waals surface area contributed by atoms with Gasteiger partial charge < -0.3 is 0 Å². The molecule has 0 saturated carbocycles. The van der Waals surface area contributed by atoms with Gasteiger partial charge in [-0.1, -0.05) is 0 Å². The molecule has 0 aliphatic carbocycles. The van der Waals surface area contributed by atoms with Crippen LogP contribution in [0, 0.1) is 0 Å². The Bertz CT molecular complexity index is 522. The Morgan fingerprint density at radius 2 is 1.12 bits per heavy atom. The average molecular weight is 462 g/mol. The fraction of sp³-hybridized carbons (Fsp3) is 0.714. The van der Waals surface area contributed by atoms with Crippen molar-refractivity contribution in [2.24, 2.45) is 0 Å². The van der Waals surface area contributed by atoms with E-state index in [4.69, 9.17) is 11.6 Å². The zero-order valence-corrected chi connectivity index (χ0v) is 20.5. The molecule has 0 spiro atoms. The van der Waals surface area contributed by atoms with Gasteiger partial charge in [0, 0.05) is 0 Å². The molecule has 1 rings (SSSR count). The van der Waals surface area contributed by atoms with Crippen molar-refractivity contribution in [3.05, 3.63) is 29.3 Å². The van der Waals surface area contributed by atoms with E-state index in [1.807, 2.05) is 0 Å². The van der Waals surface area contributed by atoms with E-state index in [2.05, 4.69) is 107 Å². The van der Waals surface area contributed by atoms with Gasteiger partial charge in [-0.25, -0.2) is 0 Å². The van der Waals surface area contributed by atoms with Crippen LogP contribution < -0.4 is 5.30 Å². The van der Waals surface area contributed by atoms with Crippen molar-refractivity contribution in [1.82, 2.24) is 0 Å². The Morgan fingerprint density at radius 3 is 1.33 bits per heavy atom. The van der Waals surface area contributed by atoms with Crippen molar-refractivity contribution in [2.75, 3.05) is 0 Å². The molecular weight excluding hydrogens is 425 g/mol.